The maximum absolute atomic E-state index is 10.7. The smallest absolute Gasteiger partial charge is 0.153 e. The lowest BCUT2D eigenvalue weighted by Gasteiger charge is -1.96. The predicted octanol–water partition coefficient (Wildman–Crippen LogP) is 2.62. The number of hydrogen-bond donors (Lipinski definition) is 1. The minimum absolute atomic E-state index is 0.513. The summed E-state index contributed by atoms with van der Waals surface area (Å²) in [6.45, 7) is 0. The van der Waals surface area contributed by atoms with Crippen molar-refractivity contribution in [1.82, 2.24) is 0 Å². The second kappa shape index (κ2) is 4.28. The third-order valence-electron chi connectivity index (χ3n) is 2.25. The Balaban J connectivity index is 2.41. The molecule has 0 fully saturated rings. The number of nitrogen functional groups attached to an aromatic ring is 1. The Labute approximate surface area is 96.5 Å². The van der Waals surface area contributed by atoms with Crippen LogP contribution in [-0.2, 0) is 0 Å². The van der Waals surface area contributed by atoms with E-state index < -0.39 is 0 Å². The number of carbonyl (C=O) groups excluding carboxylic acids is 2. The molecule has 0 atom stereocenters. The summed E-state index contributed by atoms with van der Waals surface area (Å²) in [5.74, 6) is 0. The summed E-state index contributed by atoms with van der Waals surface area (Å²) in [5, 5.41) is 0.518. The molecular formula is C12H9NO2S. The Hall–Kier alpha value is -1.94. The van der Waals surface area contributed by atoms with Gasteiger partial charge in [-0.05, 0) is 11.6 Å². The fourth-order valence-electron chi connectivity index (χ4n) is 1.38. The molecule has 0 spiro atoms. The van der Waals surface area contributed by atoms with Crippen LogP contribution in [0.4, 0.5) is 5.00 Å². The van der Waals surface area contributed by atoms with Gasteiger partial charge in [0.1, 0.15) is 6.29 Å². The van der Waals surface area contributed by atoms with Crippen molar-refractivity contribution in [3.63, 3.8) is 0 Å². The molecule has 1 aromatic heterocycles. The zero-order valence-corrected chi connectivity index (χ0v) is 9.16. The maximum Gasteiger partial charge on any atom is 0.153 e. The number of benzene rings is 1. The Bertz CT molecular complexity index is 528. The van der Waals surface area contributed by atoms with Gasteiger partial charge in [-0.25, -0.2) is 0 Å². The highest BCUT2D eigenvalue weighted by molar-refractivity contribution is 7.19. The van der Waals surface area contributed by atoms with E-state index in [-0.39, 0.29) is 0 Å². The van der Waals surface area contributed by atoms with E-state index in [1.807, 2.05) is 12.1 Å². The van der Waals surface area contributed by atoms with Gasteiger partial charge in [-0.2, -0.15) is 0 Å². The van der Waals surface area contributed by atoms with Crippen LogP contribution in [0.25, 0.3) is 10.4 Å². The molecule has 1 heterocycles. The van der Waals surface area contributed by atoms with E-state index in [2.05, 4.69) is 0 Å². The van der Waals surface area contributed by atoms with E-state index in [4.69, 9.17) is 5.73 Å². The number of carbonyl (C=O) groups is 2. The zero-order chi connectivity index (χ0) is 11.5. The summed E-state index contributed by atoms with van der Waals surface area (Å²) in [6, 6.07) is 8.90. The van der Waals surface area contributed by atoms with Gasteiger partial charge in [-0.1, -0.05) is 24.3 Å². The number of thiophene rings is 1. The molecule has 3 nitrogen and oxygen atoms in total. The first-order chi connectivity index (χ1) is 7.74. The summed E-state index contributed by atoms with van der Waals surface area (Å²) < 4.78 is 0. The molecule has 2 N–H and O–H groups in total. The van der Waals surface area contributed by atoms with E-state index in [0.29, 0.717) is 16.1 Å². The van der Waals surface area contributed by atoms with Crippen molar-refractivity contribution < 1.29 is 9.59 Å². The first kappa shape index (κ1) is 10.6. The van der Waals surface area contributed by atoms with Gasteiger partial charge in [0.2, 0.25) is 0 Å². The maximum atomic E-state index is 10.7. The normalized spacial score (nSPS) is 10.0. The molecule has 0 aliphatic carbocycles. The Kier molecular flexibility index (Phi) is 2.83. The summed E-state index contributed by atoms with van der Waals surface area (Å²) in [7, 11) is 0. The zero-order valence-electron chi connectivity index (χ0n) is 8.34. The quantitative estimate of drug-likeness (QED) is 0.826. The third kappa shape index (κ3) is 1.87. The van der Waals surface area contributed by atoms with E-state index in [9.17, 15) is 9.59 Å². The molecule has 0 radical (unpaired) electrons. The van der Waals surface area contributed by atoms with E-state index in [1.54, 1.807) is 18.2 Å². The minimum Gasteiger partial charge on any atom is -0.390 e. The third-order valence-corrected chi connectivity index (χ3v) is 3.28. The van der Waals surface area contributed by atoms with Crippen LogP contribution >= 0.6 is 11.3 Å². The van der Waals surface area contributed by atoms with Crippen LogP contribution in [0, 0.1) is 0 Å². The minimum atomic E-state index is 0.513. The van der Waals surface area contributed by atoms with Gasteiger partial charge in [0.05, 0.1) is 5.00 Å². The van der Waals surface area contributed by atoms with Crippen LogP contribution in [0.3, 0.4) is 0 Å². The van der Waals surface area contributed by atoms with Crippen molar-refractivity contribution in [2.45, 2.75) is 0 Å². The van der Waals surface area contributed by atoms with Crippen LogP contribution in [0.5, 0.6) is 0 Å². The average Bonchev–Trinajstić information content (AvgIpc) is 2.71. The Morgan fingerprint density at radius 2 is 1.75 bits per heavy atom. The standard InChI is InChI=1S/C12H9NO2S/c13-12-10(7-15)5-11(16-12)9-3-1-8(6-14)2-4-9/h1-7H,13H2. The van der Waals surface area contributed by atoms with Gasteiger partial charge in [0.15, 0.2) is 6.29 Å². The molecule has 4 heteroatoms. The van der Waals surface area contributed by atoms with E-state index in [1.165, 1.54) is 11.3 Å². The summed E-state index contributed by atoms with van der Waals surface area (Å²) >= 11 is 1.36. The van der Waals surface area contributed by atoms with Crippen LogP contribution in [-0.4, -0.2) is 12.6 Å². The lowest BCUT2D eigenvalue weighted by Crippen LogP contribution is -1.83. The van der Waals surface area contributed by atoms with Crippen LogP contribution in [0.2, 0.25) is 0 Å². The Morgan fingerprint density at radius 1 is 1.06 bits per heavy atom. The van der Waals surface area contributed by atoms with E-state index >= 15 is 0 Å². The number of anilines is 1. The molecule has 2 rings (SSSR count). The second-order valence-corrected chi connectivity index (χ2v) is 4.37. The van der Waals surface area contributed by atoms with Crippen molar-refractivity contribution in [3.05, 3.63) is 41.5 Å². The summed E-state index contributed by atoms with van der Waals surface area (Å²) in [5.41, 5.74) is 7.77. The van der Waals surface area contributed by atoms with Gasteiger partial charge in [-0.3, -0.25) is 9.59 Å². The molecule has 1 aromatic carbocycles. The number of rotatable bonds is 3. The highest BCUT2D eigenvalue weighted by Crippen LogP contribution is 2.32. The van der Waals surface area contributed by atoms with E-state index in [0.717, 1.165) is 23.0 Å². The van der Waals surface area contributed by atoms with Gasteiger partial charge < -0.3 is 5.73 Å². The highest BCUT2D eigenvalue weighted by atomic mass is 32.1. The van der Waals surface area contributed by atoms with Crippen LogP contribution in [0.15, 0.2) is 30.3 Å². The predicted molar refractivity (Wildman–Crippen MR) is 64.9 cm³/mol. The van der Waals surface area contributed by atoms with Crippen molar-refractivity contribution in [2.75, 3.05) is 5.73 Å². The first-order valence-electron chi connectivity index (χ1n) is 4.64. The lowest BCUT2D eigenvalue weighted by molar-refractivity contribution is 0.111. The van der Waals surface area contributed by atoms with Gasteiger partial charge in [0.25, 0.3) is 0 Å². The van der Waals surface area contributed by atoms with Crippen LogP contribution < -0.4 is 5.73 Å². The molecule has 80 valence electrons. The number of nitrogens with two attached hydrogens (primary N) is 1. The van der Waals surface area contributed by atoms with Gasteiger partial charge in [0, 0.05) is 16.0 Å². The van der Waals surface area contributed by atoms with Crippen LogP contribution in [0.1, 0.15) is 20.7 Å². The molecule has 2 aromatic rings. The monoisotopic (exact) mass is 231 g/mol. The number of aldehydes is 2. The van der Waals surface area contributed by atoms with Crippen molar-refractivity contribution in [3.8, 4) is 10.4 Å². The summed E-state index contributed by atoms with van der Waals surface area (Å²) in [6.07, 6.45) is 1.54. The topological polar surface area (TPSA) is 60.2 Å². The van der Waals surface area contributed by atoms with Gasteiger partial charge in [-0.15, -0.1) is 11.3 Å². The molecule has 0 saturated heterocycles. The second-order valence-electron chi connectivity index (χ2n) is 3.29. The fourth-order valence-corrected chi connectivity index (χ4v) is 2.28. The average molecular weight is 231 g/mol. The molecular weight excluding hydrogens is 222 g/mol. The highest BCUT2D eigenvalue weighted by Gasteiger charge is 2.06. The SMILES string of the molecule is Nc1sc(-c2ccc(C=O)cc2)cc1C=O. The molecule has 0 aliphatic rings. The Morgan fingerprint density at radius 3 is 2.25 bits per heavy atom. The summed E-state index contributed by atoms with van der Waals surface area (Å²) in [4.78, 5) is 22.1. The lowest BCUT2D eigenvalue weighted by atomic mass is 10.1. The largest absolute Gasteiger partial charge is 0.390 e. The van der Waals surface area contributed by atoms with Crippen molar-refractivity contribution in [2.24, 2.45) is 0 Å². The van der Waals surface area contributed by atoms with Gasteiger partial charge >= 0.3 is 0 Å². The first-order valence-corrected chi connectivity index (χ1v) is 5.46. The molecule has 0 bridgehead atoms. The molecule has 0 unspecified atom stereocenters. The molecule has 0 amide bonds. The molecule has 0 aliphatic heterocycles. The fraction of sp³-hybridized carbons (Fsp3) is 0. The van der Waals surface area contributed by atoms with Crippen molar-refractivity contribution in [1.29, 1.82) is 0 Å². The van der Waals surface area contributed by atoms with Crippen molar-refractivity contribution >= 4 is 28.9 Å². The number of hydrogen-bond acceptors (Lipinski definition) is 4. The molecule has 0 saturated carbocycles. The molecule has 16 heavy (non-hydrogen) atoms.